The maximum atomic E-state index is 13.3. The first kappa shape index (κ1) is 22.4. The topological polar surface area (TPSA) is 85.2 Å². The van der Waals surface area contributed by atoms with E-state index in [0.717, 1.165) is 12.1 Å². The summed E-state index contributed by atoms with van der Waals surface area (Å²) in [5.41, 5.74) is -1.33. The number of aliphatic hydroxyl groups excluding tert-OH is 1. The molecule has 31 heavy (non-hydrogen) atoms. The lowest BCUT2D eigenvalue weighted by molar-refractivity contribution is -0.137. The molecule has 0 bridgehead atoms. The normalized spacial score (nSPS) is 21.6. The predicted molar refractivity (Wildman–Crippen MR) is 108 cm³/mol. The van der Waals surface area contributed by atoms with Crippen LogP contribution in [0.2, 0.25) is 0 Å². The molecule has 1 fully saturated rings. The summed E-state index contributed by atoms with van der Waals surface area (Å²) < 4.78 is 40.0. The molecule has 2 heterocycles. The molecule has 0 aliphatic carbocycles. The highest BCUT2D eigenvalue weighted by atomic mass is 19.4. The number of hydrogen-bond acceptors (Lipinski definition) is 5. The van der Waals surface area contributed by atoms with Crippen LogP contribution in [0.5, 0.6) is 0 Å². The van der Waals surface area contributed by atoms with Crippen molar-refractivity contribution in [3.63, 3.8) is 0 Å². The van der Waals surface area contributed by atoms with Crippen molar-refractivity contribution < 1.29 is 27.9 Å². The molecule has 2 N–H and O–H groups in total. The minimum absolute atomic E-state index is 0.0421. The Kier molecular flexibility index (Phi) is 5.84. The Balaban J connectivity index is 2.03. The van der Waals surface area contributed by atoms with Crippen molar-refractivity contribution in [1.82, 2.24) is 15.2 Å². The molecule has 0 radical (unpaired) electrons. The molecule has 10 heteroatoms. The number of hydrogen-bond donors (Lipinski definition) is 2. The zero-order valence-corrected chi connectivity index (χ0v) is 17.2. The largest absolute Gasteiger partial charge is 0.506 e. The lowest BCUT2D eigenvalue weighted by Crippen LogP contribution is -2.43. The van der Waals surface area contributed by atoms with Crippen LogP contribution in [0.4, 0.5) is 13.2 Å². The molecule has 1 unspecified atom stereocenters. The Hall–Kier alpha value is -3.30. The van der Waals surface area contributed by atoms with Crippen LogP contribution in [0.15, 0.2) is 53.5 Å². The molecular formula is C21H23F3N4O3. The first-order valence-corrected chi connectivity index (χ1v) is 9.58. The number of nitrogens with zero attached hydrogens (tertiary/aromatic N) is 3. The number of aliphatic hydroxyl groups is 1. The highest BCUT2D eigenvalue weighted by molar-refractivity contribution is 6.46. The van der Waals surface area contributed by atoms with Gasteiger partial charge in [0.25, 0.3) is 5.91 Å². The van der Waals surface area contributed by atoms with E-state index in [0.29, 0.717) is 18.5 Å². The van der Waals surface area contributed by atoms with E-state index in [-0.39, 0.29) is 36.0 Å². The summed E-state index contributed by atoms with van der Waals surface area (Å²) in [6.45, 7) is 5.65. The van der Waals surface area contributed by atoms with E-state index in [2.05, 4.69) is 17.0 Å². The summed E-state index contributed by atoms with van der Waals surface area (Å²) >= 11 is 0. The standard InChI is InChI=1S/C21H23F3N4O3/c1-13-17(30)10-28(26-18(13)19(31)25-3)12-20(7-8-27(11-20)14(2)29)15-5-4-6-16(9-15)21(22,23)24/h4-6,9-10,30H,1,7-8,11-12H2,2-3H3,(H,25,31). The van der Waals surface area contributed by atoms with Crippen LogP contribution in [-0.2, 0) is 21.2 Å². The lowest BCUT2D eigenvalue weighted by Gasteiger charge is -2.35. The SMILES string of the molecule is C=C1C(O)=CN(CC2(c3cccc(C(F)(F)F)c3)CCN(C(C)=O)C2)N=C1C(=O)NC. The Labute approximate surface area is 177 Å². The fourth-order valence-corrected chi connectivity index (χ4v) is 3.87. The molecular weight excluding hydrogens is 413 g/mol. The maximum Gasteiger partial charge on any atom is 0.416 e. The number of carbonyl (C=O) groups is 2. The fraction of sp³-hybridized carbons (Fsp3) is 0.381. The summed E-state index contributed by atoms with van der Waals surface area (Å²) in [6, 6.07) is 5.00. The number of rotatable bonds is 4. The zero-order valence-electron chi connectivity index (χ0n) is 17.2. The number of amides is 2. The van der Waals surface area contributed by atoms with Gasteiger partial charge in [0.1, 0.15) is 5.76 Å². The molecule has 1 aromatic rings. The minimum atomic E-state index is -4.51. The van der Waals surface area contributed by atoms with Gasteiger partial charge in [-0.2, -0.15) is 18.3 Å². The lowest BCUT2D eigenvalue weighted by atomic mass is 9.78. The van der Waals surface area contributed by atoms with Crippen molar-refractivity contribution in [3.05, 3.63) is 59.5 Å². The number of hydrazone groups is 1. The Morgan fingerprint density at radius 1 is 1.35 bits per heavy atom. The van der Waals surface area contributed by atoms with Gasteiger partial charge in [-0.3, -0.25) is 14.6 Å². The van der Waals surface area contributed by atoms with Gasteiger partial charge < -0.3 is 15.3 Å². The molecule has 2 aliphatic rings. The van der Waals surface area contributed by atoms with Crippen LogP contribution in [0, 0.1) is 0 Å². The number of likely N-dealkylation sites (tertiary alicyclic amines) is 1. The van der Waals surface area contributed by atoms with E-state index < -0.39 is 23.1 Å². The van der Waals surface area contributed by atoms with Crippen LogP contribution in [0.25, 0.3) is 0 Å². The molecule has 1 atom stereocenters. The molecule has 166 valence electrons. The van der Waals surface area contributed by atoms with Crippen LogP contribution >= 0.6 is 0 Å². The van der Waals surface area contributed by atoms with Gasteiger partial charge >= 0.3 is 6.18 Å². The Morgan fingerprint density at radius 2 is 2.06 bits per heavy atom. The molecule has 1 aromatic carbocycles. The van der Waals surface area contributed by atoms with Crippen molar-refractivity contribution in [2.45, 2.75) is 24.9 Å². The van der Waals surface area contributed by atoms with Gasteiger partial charge in [0, 0.05) is 38.0 Å². The second-order valence-corrected chi connectivity index (χ2v) is 7.67. The van der Waals surface area contributed by atoms with Crippen LogP contribution in [0.1, 0.15) is 24.5 Å². The smallest absolute Gasteiger partial charge is 0.416 e. The summed E-state index contributed by atoms with van der Waals surface area (Å²) in [5, 5.41) is 18.2. The van der Waals surface area contributed by atoms with Gasteiger partial charge in [-0.05, 0) is 18.1 Å². The van der Waals surface area contributed by atoms with Crippen LogP contribution < -0.4 is 5.32 Å². The van der Waals surface area contributed by atoms with Crippen molar-refractivity contribution in [1.29, 1.82) is 0 Å². The number of alkyl halides is 3. The number of halogens is 3. The average molecular weight is 436 g/mol. The van der Waals surface area contributed by atoms with E-state index >= 15 is 0 Å². The molecule has 7 nitrogen and oxygen atoms in total. The first-order chi connectivity index (χ1) is 14.5. The van der Waals surface area contributed by atoms with Crippen molar-refractivity contribution in [2.24, 2.45) is 5.10 Å². The number of carbonyl (C=O) groups excluding carboxylic acids is 2. The minimum Gasteiger partial charge on any atom is -0.506 e. The van der Waals surface area contributed by atoms with Crippen molar-refractivity contribution in [2.75, 3.05) is 26.7 Å². The summed E-state index contributed by atoms with van der Waals surface area (Å²) in [5.74, 6) is -1.01. The molecule has 0 spiro atoms. The molecule has 2 aliphatic heterocycles. The van der Waals surface area contributed by atoms with Gasteiger partial charge in [-0.1, -0.05) is 24.8 Å². The fourth-order valence-electron chi connectivity index (χ4n) is 3.87. The van der Waals surface area contributed by atoms with E-state index in [1.165, 1.54) is 31.2 Å². The molecule has 0 saturated carbocycles. The monoisotopic (exact) mass is 436 g/mol. The summed E-state index contributed by atoms with van der Waals surface area (Å²) in [6.07, 6.45) is -2.84. The van der Waals surface area contributed by atoms with Gasteiger partial charge in [0.2, 0.25) is 5.91 Å². The molecule has 3 rings (SSSR count). The third kappa shape index (κ3) is 4.42. The zero-order chi connectivity index (χ0) is 23.0. The number of benzene rings is 1. The highest BCUT2D eigenvalue weighted by Gasteiger charge is 2.43. The number of allylic oxidation sites excluding steroid dienone is 1. The van der Waals surface area contributed by atoms with E-state index in [4.69, 9.17) is 0 Å². The quantitative estimate of drug-likeness (QED) is 0.760. The van der Waals surface area contributed by atoms with Gasteiger partial charge in [0.05, 0.1) is 18.3 Å². The predicted octanol–water partition coefficient (Wildman–Crippen LogP) is 2.57. The average Bonchev–Trinajstić information content (AvgIpc) is 3.15. The molecule has 1 saturated heterocycles. The third-order valence-corrected chi connectivity index (χ3v) is 5.60. The second kappa shape index (κ2) is 8.09. The van der Waals surface area contributed by atoms with Gasteiger partial charge in [-0.25, -0.2) is 0 Å². The van der Waals surface area contributed by atoms with Crippen LogP contribution in [-0.4, -0.2) is 59.2 Å². The molecule has 2 amide bonds. The first-order valence-electron chi connectivity index (χ1n) is 9.58. The summed E-state index contributed by atoms with van der Waals surface area (Å²) in [7, 11) is 1.41. The summed E-state index contributed by atoms with van der Waals surface area (Å²) in [4.78, 5) is 25.6. The second-order valence-electron chi connectivity index (χ2n) is 7.67. The van der Waals surface area contributed by atoms with Gasteiger partial charge in [-0.15, -0.1) is 0 Å². The van der Waals surface area contributed by atoms with E-state index in [9.17, 15) is 27.9 Å². The molecule has 0 aromatic heterocycles. The van der Waals surface area contributed by atoms with Crippen molar-refractivity contribution in [3.8, 4) is 0 Å². The Bertz CT molecular complexity index is 986. The van der Waals surface area contributed by atoms with E-state index in [1.807, 2.05) is 0 Å². The van der Waals surface area contributed by atoms with Crippen molar-refractivity contribution >= 4 is 17.5 Å². The van der Waals surface area contributed by atoms with Crippen LogP contribution in [0.3, 0.4) is 0 Å². The third-order valence-electron chi connectivity index (χ3n) is 5.60. The Morgan fingerprint density at radius 3 is 2.65 bits per heavy atom. The number of nitrogens with one attached hydrogen (secondary N) is 1. The van der Waals surface area contributed by atoms with E-state index in [1.54, 1.807) is 11.0 Å². The van der Waals surface area contributed by atoms with Gasteiger partial charge in [0.15, 0.2) is 5.71 Å². The maximum absolute atomic E-state index is 13.3. The highest BCUT2D eigenvalue weighted by Crippen LogP contribution is 2.39.